The first-order valence-electron chi connectivity index (χ1n) is 9.76. The maximum atomic E-state index is 14.0. The summed E-state index contributed by atoms with van der Waals surface area (Å²) < 4.78 is 14.0. The van der Waals surface area contributed by atoms with Crippen LogP contribution >= 0.6 is 46.6 Å². The zero-order valence-corrected chi connectivity index (χ0v) is 20.3. The van der Waals surface area contributed by atoms with E-state index in [1.54, 1.807) is 31.2 Å². The Labute approximate surface area is 201 Å². The molecule has 0 saturated heterocycles. The Morgan fingerprint density at radius 3 is 2.23 bits per heavy atom. The number of nitrogens with one attached hydrogen (secondary N) is 1. The van der Waals surface area contributed by atoms with E-state index < -0.39 is 11.9 Å². The van der Waals surface area contributed by atoms with Crippen LogP contribution in [0.4, 0.5) is 4.39 Å². The number of amides is 2. The molecule has 2 amide bonds. The number of benzene rings is 2. The van der Waals surface area contributed by atoms with Crippen molar-refractivity contribution in [1.29, 1.82) is 0 Å². The highest BCUT2D eigenvalue weighted by atomic mass is 35.5. The molecule has 4 nitrogen and oxygen atoms in total. The molecule has 0 aliphatic rings. The number of thioether (sulfide) groups is 1. The van der Waals surface area contributed by atoms with Crippen LogP contribution in [0.3, 0.4) is 0 Å². The second kappa shape index (κ2) is 12.5. The van der Waals surface area contributed by atoms with Crippen LogP contribution in [0.2, 0.25) is 15.1 Å². The van der Waals surface area contributed by atoms with Crippen LogP contribution in [0.25, 0.3) is 0 Å². The van der Waals surface area contributed by atoms with Gasteiger partial charge in [0, 0.05) is 45.0 Å². The van der Waals surface area contributed by atoms with Gasteiger partial charge in [-0.15, -0.1) is 11.8 Å². The van der Waals surface area contributed by atoms with Crippen molar-refractivity contribution in [2.24, 2.45) is 0 Å². The SMILES string of the molecule is CCCNC(=O)C(C)N(Cc1c(Cl)cccc1Cl)C(=O)CSCc1c(F)cccc1Cl. The fourth-order valence-electron chi connectivity index (χ4n) is 2.83. The highest BCUT2D eigenvalue weighted by molar-refractivity contribution is 7.99. The molecule has 0 bridgehead atoms. The number of rotatable bonds is 10. The van der Waals surface area contributed by atoms with Crippen LogP contribution in [-0.4, -0.2) is 35.1 Å². The Balaban J connectivity index is 2.16. The summed E-state index contributed by atoms with van der Waals surface area (Å²) in [5.74, 6) is -0.695. The predicted molar refractivity (Wildman–Crippen MR) is 127 cm³/mol. The molecule has 0 heterocycles. The first-order valence-corrected chi connectivity index (χ1v) is 12.1. The zero-order chi connectivity index (χ0) is 23.0. The third-order valence-corrected chi connectivity index (χ3v) is 6.65. The third-order valence-electron chi connectivity index (χ3n) is 4.64. The van der Waals surface area contributed by atoms with Crippen LogP contribution in [0.5, 0.6) is 0 Å². The quantitative estimate of drug-likeness (QED) is 0.433. The van der Waals surface area contributed by atoms with Gasteiger partial charge in [0.1, 0.15) is 11.9 Å². The third kappa shape index (κ3) is 7.28. The Morgan fingerprint density at radius 1 is 1.06 bits per heavy atom. The molecule has 1 N–H and O–H groups in total. The summed E-state index contributed by atoms with van der Waals surface area (Å²) in [5, 5.41) is 3.95. The average molecular weight is 506 g/mol. The van der Waals surface area contributed by atoms with Crippen molar-refractivity contribution in [2.75, 3.05) is 12.3 Å². The van der Waals surface area contributed by atoms with Crippen molar-refractivity contribution < 1.29 is 14.0 Å². The molecule has 0 spiro atoms. The van der Waals surface area contributed by atoms with Crippen molar-refractivity contribution in [1.82, 2.24) is 10.2 Å². The van der Waals surface area contributed by atoms with Crippen LogP contribution in [0.15, 0.2) is 36.4 Å². The number of halogens is 4. The van der Waals surface area contributed by atoms with E-state index in [-0.39, 0.29) is 29.9 Å². The fraction of sp³-hybridized carbons (Fsp3) is 0.364. The highest BCUT2D eigenvalue weighted by Gasteiger charge is 2.27. The van der Waals surface area contributed by atoms with E-state index in [1.165, 1.54) is 28.8 Å². The smallest absolute Gasteiger partial charge is 0.242 e. The summed E-state index contributed by atoms with van der Waals surface area (Å²) in [5.41, 5.74) is 0.910. The fourth-order valence-corrected chi connectivity index (χ4v) is 4.59. The topological polar surface area (TPSA) is 49.4 Å². The lowest BCUT2D eigenvalue weighted by Gasteiger charge is -2.29. The first kappa shape index (κ1) is 25.8. The zero-order valence-electron chi connectivity index (χ0n) is 17.3. The number of hydrogen-bond acceptors (Lipinski definition) is 3. The lowest BCUT2D eigenvalue weighted by molar-refractivity contribution is -0.138. The van der Waals surface area contributed by atoms with Crippen LogP contribution in [-0.2, 0) is 21.9 Å². The number of hydrogen-bond donors (Lipinski definition) is 1. The molecule has 0 fully saturated rings. The Morgan fingerprint density at radius 2 is 1.65 bits per heavy atom. The van der Waals surface area contributed by atoms with E-state index in [0.29, 0.717) is 32.7 Å². The van der Waals surface area contributed by atoms with Crippen molar-refractivity contribution in [3.63, 3.8) is 0 Å². The summed E-state index contributed by atoms with van der Waals surface area (Å²) in [6, 6.07) is 8.81. The van der Waals surface area contributed by atoms with Gasteiger partial charge in [0.25, 0.3) is 0 Å². The van der Waals surface area contributed by atoms with Gasteiger partial charge in [-0.3, -0.25) is 9.59 Å². The maximum Gasteiger partial charge on any atom is 0.242 e. The molecule has 2 rings (SSSR count). The molecule has 0 aromatic heterocycles. The van der Waals surface area contributed by atoms with E-state index in [4.69, 9.17) is 34.8 Å². The number of nitrogens with zero attached hydrogens (tertiary/aromatic N) is 1. The molecule has 1 atom stereocenters. The molecule has 0 saturated carbocycles. The second-order valence-corrected chi connectivity index (χ2v) is 9.09. The van der Waals surface area contributed by atoms with E-state index in [0.717, 1.165) is 6.42 Å². The van der Waals surface area contributed by atoms with Gasteiger partial charge in [0.05, 0.1) is 5.75 Å². The minimum atomic E-state index is -0.732. The van der Waals surface area contributed by atoms with Crippen LogP contribution in [0, 0.1) is 5.82 Å². The minimum Gasteiger partial charge on any atom is -0.354 e. The van der Waals surface area contributed by atoms with Gasteiger partial charge < -0.3 is 10.2 Å². The average Bonchev–Trinajstić information content (AvgIpc) is 2.73. The molecule has 168 valence electrons. The Hall–Kier alpha value is -1.47. The van der Waals surface area contributed by atoms with Crippen molar-refractivity contribution in [3.8, 4) is 0 Å². The predicted octanol–water partition coefficient (Wildman–Crippen LogP) is 5.96. The summed E-state index contributed by atoms with van der Waals surface area (Å²) in [4.78, 5) is 27.0. The maximum absolute atomic E-state index is 14.0. The van der Waals surface area contributed by atoms with Gasteiger partial charge in [0.15, 0.2) is 0 Å². The van der Waals surface area contributed by atoms with E-state index >= 15 is 0 Å². The minimum absolute atomic E-state index is 0.0398. The number of carbonyl (C=O) groups excluding carboxylic acids is 2. The largest absolute Gasteiger partial charge is 0.354 e. The van der Waals surface area contributed by atoms with Gasteiger partial charge in [-0.25, -0.2) is 4.39 Å². The monoisotopic (exact) mass is 504 g/mol. The molecule has 0 aliphatic heterocycles. The summed E-state index contributed by atoms with van der Waals surface area (Å²) in [6.45, 7) is 4.20. The van der Waals surface area contributed by atoms with Gasteiger partial charge in [-0.2, -0.15) is 0 Å². The normalized spacial score (nSPS) is 11.8. The van der Waals surface area contributed by atoms with Crippen molar-refractivity contribution in [2.45, 2.75) is 38.6 Å². The lowest BCUT2D eigenvalue weighted by atomic mass is 10.1. The number of carbonyl (C=O) groups is 2. The van der Waals surface area contributed by atoms with Gasteiger partial charge in [0.2, 0.25) is 11.8 Å². The molecule has 0 radical (unpaired) electrons. The second-order valence-electron chi connectivity index (χ2n) is 6.88. The summed E-state index contributed by atoms with van der Waals surface area (Å²) in [7, 11) is 0. The van der Waals surface area contributed by atoms with Crippen molar-refractivity contribution >= 4 is 58.4 Å². The Bertz CT molecular complexity index is 889. The summed E-state index contributed by atoms with van der Waals surface area (Å²) in [6.07, 6.45) is 0.780. The molecule has 1 unspecified atom stereocenters. The molecule has 9 heteroatoms. The first-order chi connectivity index (χ1) is 14.8. The molecule has 0 aliphatic carbocycles. The Kier molecular flexibility index (Phi) is 10.4. The molecular weight excluding hydrogens is 482 g/mol. The van der Waals surface area contributed by atoms with E-state index in [1.807, 2.05) is 6.92 Å². The molecule has 2 aromatic carbocycles. The highest BCUT2D eigenvalue weighted by Crippen LogP contribution is 2.28. The van der Waals surface area contributed by atoms with Gasteiger partial charge in [-0.05, 0) is 37.6 Å². The van der Waals surface area contributed by atoms with E-state index in [9.17, 15) is 14.0 Å². The van der Waals surface area contributed by atoms with Crippen molar-refractivity contribution in [3.05, 3.63) is 68.4 Å². The summed E-state index contributed by atoms with van der Waals surface area (Å²) >= 11 is 19.8. The van der Waals surface area contributed by atoms with Crippen LogP contribution < -0.4 is 5.32 Å². The van der Waals surface area contributed by atoms with Gasteiger partial charge >= 0.3 is 0 Å². The molecular formula is C22H24Cl3FN2O2S. The van der Waals surface area contributed by atoms with Gasteiger partial charge in [-0.1, -0.05) is 53.9 Å². The molecule has 31 heavy (non-hydrogen) atoms. The lowest BCUT2D eigenvalue weighted by Crippen LogP contribution is -2.48. The van der Waals surface area contributed by atoms with Crippen LogP contribution in [0.1, 0.15) is 31.4 Å². The molecule has 2 aromatic rings. The standard InChI is InChI=1S/C22H24Cl3FN2O2S/c1-3-10-27-22(30)14(2)28(11-15-17(23)6-4-7-18(15)24)21(29)13-31-12-16-19(25)8-5-9-20(16)26/h4-9,14H,3,10-13H2,1-2H3,(H,27,30). The van der Waals surface area contributed by atoms with E-state index in [2.05, 4.69) is 5.32 Å².